The highest BCUT2D eigenvalue weighted by Gasteiger charge is 2.23. The van der Waals surface area contributed by atoms with E-state index in [0.29, 0.717) is 18.0 Å². The molecule has 0 saturated carbocycles. The highest BCUT2D eigenvalue weighted by molar-refractivity contribution is 7.18. The van der Waals surface area contributed by atoms with Crippen molar-refractivity contribution in [3.8, 4) is 0 Å². The van der Waals surface area contributed by atoms with E-state index in [1.165, 1.54) is 27.6 Å². The summed E-state index contributed by atoms with van der Waals surface area (Å²) < 4.78 is 7.13. The van der Waals surface area contributed by atoms with Gasteiger partial charge in [-0.1, -0.05) is 6.92 Å². The lowest BCUT2D eigenvalue weighted by molar-refractivity contribution is 0.509. The first kappa shape index (κ1) is 18.1. The van der Waals surface area contributed by atoms with Gasteiger partial charge in [-0.25, -0.2) is 9.78 Å². The van der Waals surface area contributed by atoms with Crippen LogP contribution in [0, 0.1) is 5.92 Å². The number of hydrogen-bond donors (Lipinski definition) is 0. The lowest BCUT2D eigenvalue weighted by Gasteiger charge is -2.17. The van der Waals surface area contributed by atoms with Crippen molar-refractivity contribution in [1.29, 1.82) is 0 Å². The molecular weight excluding hydrogens is 396 g/mol. The molecule has 5 nitrogen and oxygen atoms in total. The van der Waals surface area contributed by atoms with Crippen molar-refractivity contribution in [1.82, 2.24) is 9.55 Å². The average Bonchev–Trinajstić information content (AvgIpc) is 3.32. The van der Waals surface area contributed by atoms with Crippen molar-refractivity contribution < 1.29 is 4.42 Å². The standard InChI is InChI=1S/C24H22N2O3S/c1-13-5-6-17-20(7-13)30-23-22(17)24(28)26(12-25-23)11-16-10-21(27)29-19-9-15-4-2-3-14(15)8-18(16)19/h8-10,12-13H,2-7,11H2,1H3/t13-/m1/s1. The molecule has 3 aromatic heterocycles. The first-order valence-corrected chi connectivity index (χ1v) is 11.5. The smallest absolute Gasteiger partial charge is 0.336 e. The SMILES string of the molecule is C[C@@H]1CCc2c(sc3ncn(Cc4cc(=O)oc5cc6c(cc45)CCC6)c(=O)c23)C1. The zero-order valence-electron chi connectivity index (χ0n) is 16.9. The summed E-state index contributed by atoms with van der Waals surface area (Å²) in [7, 11) is 0. The highest BCUT2D eigenvalue weighted by atomic mass is 32.1. The van der Waals surface area contributed by atoms with Crippen LogP contribution in [0.1, 0.15) is 46.9 Å². The molecule has 2 aliphatic carbocycles. The minimum Gasteiger partial charge on any atom is -0.423 e. The molecule has 0 fully saturated rings. The number of aryl methyl sites for hydroxylation is 3. The van der Waals surface area contributed by atoms with E-state index in [1.54, 1.807) is 22.2 Å². The molecule has 0 N–H and O–H groups in total. The van der Waals surface area contributed by atoms with E-state index in [-0.39, 0.29) is 11.2 Å². The van der Waals surface area contributed by atoms with Crippen LogP contribution in [0.15, 0.2) is 38.5 Å². The molecule has 0 amide bonds. The second kappa shape index (κ2) is 6.64. The molecule has 0 bridgehead atoms. The second-order valence-electron chi connectivity index (χ2n) is 8.77. The Morgan fingerprint density at radius 3 is 2.87 bits per heavy atom. The van der Waals surface area contributed by atoms with E-state index in [1.807, 2.05) is 6.07 Å². The largest absolute Gasteiger partial charge is 0.423 e. The molecule has 2 aliphatic rings. The minimum absolute atomic E-state index is 0.00500. The lowest BCUT2D eigenvalue weighted by atomic mass is 9.89. The molecule has 1 atom stereocenters. The van der Waals surface area contributed by atoms with Crippen LogP contribution in [0.25, 0.3) is 21.2 Å². The molecule has 3 heterocycles. The summed E-state index contributed by atoms with van der Waals surface area (Å²) in [6, 6.07) is 5.66. The van der Waals surface area contributed by atoms with Gasteiger partial charge in [0, 0.05) is 16.3 Å². The Labute approximate surface area is 177 Å². The van der Waals surface area contributed by atoms with Gasteiger partial charge in [0.2, 0.25) is 0 Å². The van der Waals surface area contributed by atoms with E-state index < -0.39 is 0 Å². The number of thiophene rings is 1. The molecule has 6 rings (SSSR count). The van der Waals surface area contributed by atoms with E-state index in [0.717, 1.165) is 59.7 Å². The first-order valence-electron chi connectivity index (χ1n) is 10.6. The quantitative estimate of drug-likeness (QED) is 0.457. The van der Waals surface area contributed by atoms with Gasteiger partial charge < -0.3 is 4.42 Å². The predicted molar refractivity (Wildman–Crippen MR) is 119 cm³/mol. The summed E-state index contributed by atoms with van der Waals surface area (Å²) in [5, 5.41) is 1.70. The molecule has 1 aromatic carbocycles. The molecule has 6 heteroatoms. The summed E-state index contributed by atoms with van der Waals surface area (Å²) in [6.45, 7) is 2.59. The number of benzene rings is 1. The van der Waals surface area contributed by atoms with Crippen molar-refractivity contribution in [2.24, 2.45) is 5.92 Å². The molecule has 4 aromatic rings. The van der Waals surface area contributed by atoms with Gasteiger partial charge in [-0.05, 0) is 78.8 Å². The van der Waals surface area contributed by atoms with Crippen LogP contribution in [-0.2, 0) is 32.2 Å². The van der Waals surface area contributed by atoms with Gasteiger partial charge in [-0.15, -0.1) is 11.3 Å². The van der Waals surface area contributed by atoms with E-state index >= 15 is 0 Å². The maximum Gasteiger partial charge on any atom is 0.336 e. The summed E-state index contributed by atoms with van der Waals surface area (Å²) in [5.74, 6) is 0.657. The van der Waals surface area contributed by atoms with Gasteiger partial charge in [-0.3, -0.25) is 9.36 Å². The summed E-state index contributed by atoms with van der Waals surface area (Å²) in [5.41, 5.74) is 4.82. The van der Waals surface area contributed by atoms with Crippen molar-refractivity contribution in [2.45, 2.75) is 52.0 Å². The number of aromatic nitrogens is 2. The third-order valence-corrected chi connectivity index (χ3v) is 7.83. The van der Waals surface area contributed by atoms with E-state index in [4.69, 9.17) is 4.42 Å². The van der Waals surface area contributed by atoms with Gasteiger partial charge >= 0.3 is 5.63 Å². The maximum atomic E-state index is 13.4. The number of rotatable bonds is 2. The van der Waals surface area contributed by atoms with Crippen molar-refractivity contribution >= 4 is 32.5 Å². The highest BCUT2D eigenvalue weighted by Crippen LogP contribution is 2.35. The monoisotopic (exact) mass is 418 g/mol. The Morgan fingerprint density at radius 1 is 1.17 bits per heavy atom. The van der Waals surface area contributed by atoms with Crippen LogP contribution in [0.3, 0.4) is 0 Å². The third kappa shape index (κ3) is 2.77. The number of nitrogens with zero attached hydrogens (tertiary/aromatic N) is 2. The molecule has 0 saturated heterocycles. The summed E-state index contributed by atoms with van der Waals surface area (Å²) in [6.07, 6.45) is 7.93. The van der Waals surface area contributed by atoms with Gasteiger partial charge in [0.15, 0.2) is 0 Å². The van der Waals surface area contributed by atoms with Gasteiger partial charge in [-0.2, -0.15) is 0 Å². The molecule has 152 valence electrons. The molecule has 0 unspecified atom stereocenters. The Bertz CT molecular complexity index is 1440. The fourth-order valence-electron chi connectivity index (χ4n) is 5.09. The Balaban J connectivity index is 1.50. The summed E-state index contributed by atoms with van der Waals surface area (Å²) >= 11 is 1.66. The maximum absolute atomic E-state index is 13.4. The molecular formula is C24H22N2O3S. The molecule has 30 heavy (non-hydrogen) atoms. The number of fused-ring (bicyclic) bond motifs is 5. The van der Waals surface area contributed by atoms with E-state index in [9.17, 15) is 9.59 Å². The van der Waals surface area contributed by atoms with Crippen LogP contribution in [0.4, 0.5) is 0 Å². The van der Waals surface area contributed by atoms with Gasteiger partial charge in [0.25, 0.3) is 5.56 Å². The molecule has 0 radical (unpaired) electrons. The van der Waals surface area contributed by atoms with Gasteiger partial charge in [0.1, 0.15) is 10.4 Å². The lowest BCUT2D eigenvalue weighted by Crippen LogP contribution is -2.22. The van der Waals surface area contributed by atoms with Crippen LogP contribution >= 0.6 is 11.3 Å². The zero-order valence-corrected chi connectivity index (χ0v) is 17.7. The Kier molecular flexibility index (Phi) is 4.00. The predicted octanol–water partition coefficient (Wildman–Crippen LogP) is 4.23. The fourth-order valence-corrected chi connectivity index (χ4v) is 6.43. The number of hydrogen-bond acceptors (Lipinski definition) is 5. The second-order valence-corrected chi connectivity index (χ2v) is 9.85. The molecule has 0 spiro atoms. The zero-order chi connectivity index (χ0) is 20.4. The van der Waals surface area contributed by atoms with Crippen LogP contribution < -0.4 is 11.2 Å². The van der Waals surface area contributed by atoms with Gasteiger partial charge in [0.05, 0.1) is 18.3 Å². The van der Waals surface area contributed by atoms with Crippen molar-refractivity contribution in [2.75, 3.05) is 0 Å². The van der Waals surface area contributed by atoms with E-state index in [2.05, 4.69) is 18.0 Å². The Morgan fingerprint density at radius 2 is 2.00 bits per heavy atom. The first-order chi connectivity index (χ1) is 14.6. The fraction of sp³-hybridized carbons (Fsp3) is 0.375. The third-order valence-electron chi connectivity index (χ3n) is 6.67. The van der Waals surface area contributed by atoms with Crippen LogP contribution in [-0.4, -0.2) is 9.55 Å². The minimum atomic E-state index is -0.376. The topological polar surface area (TPSA) is 65.1 Å². The van der Waals surface area contributed by atoms with Crippen LogP contribution in [0.5, 0.6) is 0 Å². The van der Waals surface area contributed by atoms with Crippen molar-refractivity contribution in [3.05, 3.63) is 72.4 Å². The average molecular weight is 419 g/mol. The normalized spacial score (nSPS) is 18.1. The van der Waals surface area contributed by atoms with Crippen molar-refractivity contribution in [3.63, 3.8) is 0 Å². The van der Waals surface area contributed by atoms with Crippen LogP contribution in [0.2, 0.25) is 0 Å². The Hall–Kier alpha value is -2.73. The summed E-state index contributed by atoms with van der Waals surface area (Å²) in [4.78, 5) is 32.3. The molecule has 0 aliphatic heterocycles.